The fourth-order valence-electron chi connectivity index (χ4n) is 1.49. The van der Waals surface area contributed by atoms with Crippen molar-refractivity contribution in [2.75, 3.05) is 44.5 Å². The lowest BCUT2D eigenvalue weighted by atomic mass is 10.2. The van der Waals surface area contributed by atoms with Crippen molar-refractivity contribution < 1.29 is 9.47 Å². The Bertz CT molecular complexity index is 362. The molecule has 108 valence electrons. The minimum absolute atomic E-state index is 0.337. The van der Waals surface area contributed by atoms with Crippen molar-refractivity contribution in [1.29, 1.82) is 0 Å². The maximum atomic E-state index is 5.29. The van der Waals surface area contributed by atoms with Crippen LogP contribution in [0.3, 0.4) is 0 Å². The molecule has 0 aliphatic heterocycles. The molecule has 1 heterocycles. The van der Waals surface area contributed by atoms with Crippen LogP contribution >= 0.6 is 0 Å². The van der Waals surface area contributed by atoms with Crippen LogP contribution in [0.15, 0.2) is 0 Å². The van der Waals surface area contributed by atoms with Crippen LogP contribution in [0.4, 0.5) is 11.9 Å². The van der Waals surface area contributed by atoms with Gasteiger partial charge in [0.15, 0.2) is 0 Å². The summed E-state index contributed by atoms with van der Waals surface area (Å²) in [6.07, 6.45) is 3.23. The topological polar surface area (TPSA) is 81.2 Å². The summed E-state index contributed by atoms with van der Waals surface area (Å²) in [6.45, 7) is 4.06. The van der Waals surface area contributed by atoms with Crippen LogP contribution in [0.1, 0.15) is 26.2 Å². The molecule has 7 heteroatoms. The number of unbranched alkanes of at least 4 members (excludes halogenated alkanes) is 2. The van der Waals surface area contributed by atoms with Gasteiger partial charge in [-0.2, -0.15) is 15.0 Å². The Labute approximate surface area is 114 Å². The molecular formula is C12H23N5O2. The van der Waals surface area contributed by atoms with Crippen molar-refractivity contribution in [3.05, 3.63) is 0 Å². The van der Waals surface area contributed by atoms with Gasteiger partial charge in [0, 0.05) is 27.3 Å². The fraction of sp³-hybridized carbons (Fsp3) is 0.750. The molecule has 1 aromatic heterocycles. The van der Waals surface area contributed by atoms with E-state index in [1.807, 2.05) is 6.92 Å². The van der Waals surface area contributed by atoms with Gasteiger partial charge >= 0.3 is 6.01 Å². The molecule has 0 unspecified atom stereocenters. The van der Waals surface area contributed by atoms with Crippen molar-refractivity contribution in [3.63, 3.8) is 0 Å². The largest absolute Gasteiger partial charge is 0.464 e. The summed E-state index contributed by atoms with van der Waals surface area (Å²) >= 11 is 0. The highest BCUT2D eigenvalue weighted by molar-refractivity contribution is 5.35. The maximum absolute atomic E-state index is 5.29. The molecule has 0 spiro atoms. The smallest absolute Gasteiger partial charge is 0.323 e. The van der Waals surface area contributed by atoms with Crippen LogP contribution in [0, 0.1) is 0 Å². The van der Waals surface area contributed by atoms with E-state index in [0.29, 0.717) is 24.5 Å². The lowest BCUT2D eigenvalue weighted by Crippen LogP contribution is -2.10. The maximum Gasteiger partial charge on any atom is 0.323 e. The third-order valence-electron chi connectivity index (χ3n) is 2.42. The van der Waals surface area contributed by atoms with Gasteiger partial charge in [-0.3, -0.25) is 0 Å². The summed E-state index contributed by atoms with van der Waals surface area (Å²) in [4.78, 5) is 12.5. The van der Waals surface area contributed by atoms with Gasteiger partial charge in [0.2, 0.25) is 11.9 Å². The summed E-state index contributed by atoms with van der Waals surface area (Å²) in [5.41, 5.74) is 0. The second kappa shape index (κ2) is 9.32. The molecule has 0 aromatic carbocycles. The van der Waals surface area contributed by atoms with E-state index in [2.05, 4.69) is 25.6 Å². The number of ether oxygens (including phenoxy) is 2. The van der Waals surface area contributed by atoms with E-state index in [1.165, 1.54) is 0 Å². The predicted octanol–water partition coefficient (Wildman–Crippen LogP) is 1.54. The van der Waals surface area contributed by atoms with Crippen LogP contribution in [0.5, 0.6) is 6.01 Å². The van der Waals surface area contributed by atoms with Crippen molar-refractivity contribution in [2.24, 2.45) is 0 Å². The van der Waals surface area contributed by atoms with Gasteiger partial charge < -0.3 is 20.1 Å². The first-order chi connectivity index (χ1) is 9.30. The molecule has 0 aliphatic carbocycles. The summed E-state index contributed by atoms with van der Waals surface area (Å²) in [7, 11) is 3.48. The summed E-state index contributed by atoms with van der Waals surface area (Å²) in [6, 6.07) is 0.337. The van der Waals surface area contributed by atoms with Gasteiger partial charge in [-0.25, -0.2) is 0 Å². The van der Waals surface area contributed by atoms with Crippen molar-refractivity contribution >= 4 is 11.9 Å². The third kappa shape index (κ3) is 6.19. The molecule has 0 fully saturated rings. The van der Waals surface area contributed by atoms with E-state index in [4.69, 9.17) is 9.47 Å². The zero-order valence-corrected chi connectivity index (χ0v) is 11.9. The quantitative estimate of drug-likeness (QED) is 0.623. The molecule has 19 heavy (non-hydrogen) atoms. The summed E-state index contributed by atoms with van der Waals surface area (Å²) in [5.74, 6) is 1.04. The Balaban J connectivity index is 2.41. The normalized spacial score (nSPS) is 10.3. The minimum atomic E-state index is 0.337. The van der Waals surface area contributed by atoms with Crippen molar-refractivity contribution in [2.45, 2.75) is 26.2 Å². The number of hydrogen-bond acceptors (Lipinski definition) is 7. The molecule has 0 atom stereocenters. The van der Waals surface area contributed by atoms with Gasteiger partial charge in [0.25, 0.3) is 0 Å². The number of nitrogens with zero attached hydrogens (tertiary/aromatic N) is 3. The van der Waals surface area contributed by atoms with Gasteiger partial charge in [-0.05, 0) is 26.2 Å². The van der Waals surface area contributed by atoms with Crippen LogP contribution in [0.25, 0.3) is 0 Å². The molecule has 0 bridgehead atoms. The zero-order chi connectivity index (χ0) is 13.9. The van der Waals surface area contributed by atoms with Crippen LogP contribution in [-0.4, -0.2) is 48.9 Å². The lowest BCUT2D eigenvalue weighted by molar-refractivity contribution is 0.192. The highest BCUT2D eigenvalue weighted by atomic mass is 16.5. The Morgan fingerprint density at radius 1 is 1.05 bits per heavy atom. The molecule has 0 saturated carbocycles. The number of aromatic nitrogens is 3. The summed E-state index contributed by atoms with van der Waals surface area (Å²) in [5, 5.41) is 6.06. The van der Waals surface area contributed by atoms with Crippen molar-refractivity contribution in [1.82, 2.24) is 15.0 Å². The summed E-state index contributed by atoms with van der Waals surface area (Å²) < 4.78 is 10.3. The molecule has 7 nitrogen and oxygen atoms in total. The van der Waals surface area contributed by atoms with E-state index < -0.39 is 0 Å². The van der Waals surface area contributed by atoms with Gasteiger partial charge in [-0.1, -0.05) is 0 Å². The molecule has 1 rings (SSSR count). The fourth-order valence-corrected chi connectivity index (χ4v) is 1.49. The Hall–Kier alpha value is -1.63. The van der Waals surface area contributed by atoms with Crippen LogP contribution in [-0.2, 0) is 4.74 Å². The average Bonchev–Trinajstić information content (AvgIpc) is 2.43. The minimum Gasteiger partial charge on any atom is -0.464 e. The Morgan fingerprint density at radius 2 is 1.84 bits per heavy atom. The van der Waals surface area contributed by atoms with Gasteiger partial charge in [-0.15, -0.1) is 0 Å². The molecule has 1 aromatic rings. The number of nitrogens with one attached hydrogen (secondary N) is 2. The SMILES string of the molecule is CCOc1nc(NC)nc(NCCCCCOC)n1. The standard InChI is InChI=1S/C12H23N5O2/c1-4-19-12-16-10(13-2)15-11(17-12)14-8-6-5-7-9-18-3/h4-9H2,1-3H3,(H2,13,14,15,16,17). The first-order valence-electron chi connectivity index (χ1n) is 6.59. The third-order valence-corrected chi connectivity index (χ3v) is 2.42. The number of rotatable bonds is 10. The zero-order valence-electron chi connectivity index (χ0n) is 11.9. The second-order valence-electron chi connectivity index (χ2n) is 3.93. The average molecular weight is 269 g/mol. The van der Waals surface area contributed by atoms with E-state index in [0.717, 1.165) is 32.4 Å². The number of methoxy groups -OCH3 is 1. The molecular weight excluding hydrogens is 246 g/mol. The van der Waals surface area contributed by atoms with E-state index in [1.54, 1.807) is 14.2 Å². The highest BCUT2D eigenvalue weighted by Gasteiger charge is 2.05. The Morgan fingerprint density at radius 3 is 2.53 bits per heavy atom. The molecule has 0 amide bonds. The van der Waals surface area contributed by atoms with Crippen molar-refractivity contribution in [3.8, 4) is 6.01 Å². The number of anilines is 2. The van der Waals surface area contributed by atoms with Crippen LogP contribution in [0.2, 0.25) is 0 Å². The number of hydrogen-bond donors (Lipinski definition) is 2. The van der Waals surface area contributed by atoms with E-state index in [9.17, 15) is 0 Å². The molecule has 0 saturated heterocycles. The van der Waals surface area contributed by atoms with Gasteiger partial charge in [0.05, 0.1) is 6.61 Å². The first-order valence-corrected chi connectivity index (χ1v) is 6.59. The first kappa shape index (κ1) is 15.4. The van der Waals surface area contributed by atoms with Crippen LogP contribution < -0.4 is 15.4 Å². The Kier molecular flexibility index (Phi) is 7.57. The second-order valence-corrected chi connectivity index (χ2v) is 3.93. The predicted molar refractivity (Wildman–Crippen MR) is 74.8 cm³/mol. The molecule has 2 N–H and O–H groups in total. The highest BCUT2D eigenvalue weighted by Crippen LogP contribution is 2.10. The lowest BCUT2D eigenvalue weighted by Gasteiger charge is -2.08. The van der Waals surface area contributed by atoms with E-state index >= 15 is 0 Å². The van der Waals surface area contributed by atoms with Gasteiger partial charge in [0.1, 0.15) is 0 Å². The van der Waals surface area contributed by atoms with E-state index in [-0.39, 0.29) is 0 Å². The molecule has 0 aliphatic rings. The molecule has 0 radical (unpaired) electrons. The monoisotopic (exact) mass is 269 g/mol.